The third-order valence-electron chi connectivity index (χ3n) is 5.90. The van der Waals surface area contributed by atoms with Crippen molar-refractivity contribution >= 4 is 47.8 Å². The second kappa shape index (κ2) is 49.0. The van der Waals surface area contributed by atoms with Crippen molar-refractivity contribution < 1.29 is 38.9 Å². The maximum absolute atomic E-state index is 10.8. The first-order valence-electron chi connectivity index (χ1n) is 16.9. The molecule has 260 valence electrons. The van der Waals surface area contributed by atoms with E-state index in [2.05, 4.69) is 41.5 Å². The summed E-state index contributed by atoms with van der Waals surface area (Å²) in [7, 11) is 0. The van der Waals surface area contributed by atoms with E-state index in [4.69, 9.17) is 9.47 Å². The topological polar surface area (TPSA) is 133 Å². The van der Waals surface area contributed by atoms with Gasteiger partial charge in [-0.15, -0.1) is 0 Å². The first-order valence-corrected chi connectivity index (χ1v) is 16.9. The Labute approximate surface area is 293 Å². The van der Waals surface area contributed by atoms with Crippen LogP contribution in [-0.4, -0.2) is 61.0 Å². The minimum atomic E-state index is -1.40. The van der Waals surface area contributed by atoms with Crippen LogP contribution >= 0.6 is 0 Å². The van der Waals surface area contributed by atoms with Crippen LogP contribution in [-0.2, 0) is 28.7 Å². The van der Waals surface area contributed by atoms with Gasteiger partial charge >= 0.3 is 35.8 Å². The molecule has 0 aromatic heterocycles. The summed E-state index contributed by atoms with van der Waals surface area (Å²) in [5.41, 5.74) is 0. The van der Waals surface area contributed by atoms with Crippen LogP contribution in [0.15, 0.2) is 24.3 Å². The average Bonchev–Trinajstić information content (AvgIpc) is 3.00. The minimum absolute atomic E-state index is 0. The second-order valence-electron chi connectivity index (χ2n) is 10.3. The van der Waals surface area contributed by atoms with Crippen molar-refractivity contribution in [2.45, 2.75) is 156 Å². The largest absolute Gasteiger partial charge is 2.00 e. The van der Waals surface area contributed by atoms with Crippen molar-refractivity contribution in [1.82, 2.24) is 0 Å². The Bertz CT molecular complexity index is 623. The monoisotopic (exact) mass is 744 g/mol. The standard InChI is InChI=1S/2C10H16O4.2C8H17.Sn/c2*1-2-3-4-5-8-14-10(13)7-6-9(11)12;2*1-3-5-7-8-6-4-2;/h2*6-7H,2-5,8H2,1H3,(H,11,12);2*1,3-8H2,2H3;/q;;;;+2/p-2/b2*7-6-;;;. The zero-order valence-corrected chi connectivity index (χ0v) is 31.9. The predicted molar refractivity (Wildman–Crippen MR) is 182 cm³/mol. The molecule has 0 bridgehead atoms. The van der Waals surface area contributed by atoms with Crippen molar-refractivity contribution in [2.24, 2.45) is 0 Å². The molecule has 0 rings (SSSR count). The van der Waals surface area contributed by atoms with E-state index < -0.39 is 23.9 Å². The van der Waals surface area contributed by atoms with Gasteiger partial charge in [-0.1, -0.05) is 157 Å². The zero-order chi connectivity index (χ0) is 34.1. The van der Waals surface area contributed by atoms with E-state index in [9.17, 15) is 29.4 Å². The molecule has 8 nitrogen and oxygen atoms in total. The van der Waals surface area contributed by atoms with Gasteiger partial charge in [-0.25, -0.2) is 9.59 Å². The quantitative estimate of drug-likeness (QED) is 0.0456. The van der Waals surface area contributed by atoms with Crippen molar-refractivity contribution in [3.8, 4) is 0 Å². The Kier molecular flexibility index (Phi) is 57.4. The Balaban J connectivity index is -0.000000162. The van der Waals surface area contributed by atoms with E-state index in [0.29, 0.717) is 25.4 Å². The number of carbonyl (C=O) groups is 4. The Hall–Kier alpha value is -1.84. The third-order valence-corrected chi connectivity index (χ3v) is 5.90. The molecule has 0 saturated heterocycles. The molecule has 0 unspecified atom stereocenters. The Morgan fingerprint density at radius 2 is 0.733 bits per heavy atom. The summed E-state index contributed by atoms with van der Waals surface area (Å²) in [5.74, 6) is -4.06. The van der Waals surface area contributed by atoms with E-state index in [1.54, 1.807) is 0 Å². The van der Waals surface area contributed by atoms with Crippen LogP contribution in [0.25, 0.3) is 0 Å². The number of ether oxygens (including phenoxy) is 2. The van der Waals surface area contributed by atoms with Crippen LogP contribution in [0.1, 0.15) is 156 Å². The molecular formula is C36H64O8Sn. The van der Waals surface area contributed by atoms with Gasteiger partial charge in [-0.05, 0) is 25.0 Å². The van der Waals surface area contributed by atoms with E-state index >= 15 is 0 Å². The summed E-state index contributed by atoms with van der Waals surface area (Å²) >= 11 is 0. The number of aliphatic carboxylic acids is 2. The molecule has 0 spiro atoms. The second-order valence-corrected chi connectivity index (χ2v) is 10.3. The van der Waals surface area contributed by atoms with Gasteiger partial charge in [-0.3, -0.25) is 0 Å². The number of carboxylic acid groups (broad SMARTS) is 2. The summed E-state index contributed by atoms with van der Waals surface area (Å²) in [6, 6.07) is 0. The first kappa shape index (κ1) is 52.7. The molecule has 0 N–H and O–H groups in total. The van der Waals surface area contributed by atoms with Crippen molar-refractivity contribution in [3.63, 3.8) is 0 Å². The molecule has 0 fully saturated rings. The summed E-state index contributed by atoms with van der Waals surface area (Å²) in [6.45, 7) is 16.9. The molecule has 9 heteroatoms. The van der Waals surface area contributed by atoms with Crippen LogP contribution in [0, 0.1) is 13.8 Å². The molecule has 0 aliphatic rings. The van der Waals surface area contributed by atoms with Gasteiger partial charge in [0, 0.05) is 12.2 Å². The smallest absolute Gasteiger partial charge is 0.545 e. The van der Waals surface area contributed by atoms with Gasteiger partial charge in [0.15, 0.2) is 0 Å². The van der Waals surface area contributed by atoms with Crippen molar-refractivity contribution in [2.75, 3.05) is 13.2 Å². The molecule has 0 aromatic rings. The number of carbonyl (C=O) groups excluding carboxylic acids is 4. The number of rotatable bonds is 24. The molecule has 4 radical (unpaired) electrons. The van der Waals surface area contributed by atoms with Gasteiger partial charge in [-0.2, -0.15) is 0 Å². The number of esters is 2. The van der Waals surface area contributed by atoms with Crippen molar-refractivity contribution in [1.29, 1.82) is 0 Å². The van der Waals surface area contributed by atoms with Gasteiger partial charge < -0.3 is 29.3 Å². The molecule has 0 amide bonds. The average molecular weight is 744 g/mol. The van der Waals surface area contributed by atoms with E-state index in [1.807, 2.05) is 0 Å². The van der Waals surface area contributed by atoms with E-state index in [0.717, 1.165) is 76.4 Å². The Morgan fingerprint density at radius 3 is 0.978 bits per heavy atom. The fourth-order valence-electron chi connectivity index (χ4n) is 3.33. The van der Waals surface area contributed by atoms with Gasteiger partial charge in [0.05, 0.1) is 25.2 Å². The molecule has 45 heavy (non-hydrogen) atoms. The maximum atomic E-state index is 10.8. The van der Waals surface area contributed by atoms with Crippen LogP contribution in [0.4, 0.5) is 0 Å². The molecule has 0 heterocycles. The molecule has 0 atom stereocenters. The molecule has 0 saturated carbocycles. The zero-order valence-electron chi connectivity index (χ0n) is 29.0. The maximum Gasteiger partial charge on any atom is 2.00 e. The Morgan fingerprint density at radius 1 is 0.467 bits per heavy atom. The summed E-state index contributed by atoms with van der Waals surface area (Å²) in [6.07, 6.45) is 27.1. The van der Waals surface area contributed by atoms with Crippen LogP contribution in [0.3, 0.4) is 0 Å². The van der Waals surface area contributed by atoms with Crippen LogP contribution in [0.5, 0.6) is 0 Å². The molecule has 0 aromatic carbocycles. The summed E-state index contributed by atoms with van der Waals surface area (Å²) < 4.78 is 9.44. The van der Waals surface area contributed by atoms with Gasteiger partial charge in [0.25, 0.3) is 0 Å². The van der Waals surface area contributed by atoms with Gasteiger partial charge in [0.2, 0.25) is 0 Å². The number of hydrogen-bond acceptors (Lipinski definition) is 8. The molecule has 0 aliphatic carbocycles. The third kappa shape index (κ3) is 65.7. The number of carboxylic acids is 2. The molecular weight excluding hydrogens is 679 g/mol. The SMILES string of the molecule is CCCCCCOC(=O)/C=C\C(=O)[O-].CCCCCCOC(=O)/C=C\C(=O)[O-].[CH2]CCCCCCC.[CH2]CCCCCCC.[Sn+2]. The van der Waals surface area contributed by atoms with E-state index in [-0.39, 0.29) is 23.9 Å². The fraction of sp³-hybridized carbons (Fsp3) is 0.722. The number of unbranched alkanes of at least 4 members (excludes halogenated alkanes) is 16. The normalized spacial score (nSPS) is 9.91. The summed E-state index contributed by atoms with van der Waals surface area (Å²) in [4.78, 5) is 41.4. The van der Waals surface area contributed by atoms with Crippen LogP contribution in [0.2, 0.25) is 0 Å². The van der Waals surface area contributed by atoms with Gasteiger partial charge in [0.1, 0.15) is 0 Å². The van der Waals surface area contributed by atoms with Crippen molar-refractivity contribution in [3.05, 3.63) is 38.2 Å². The first-order chi connectivity index (χ1) is 21.2. The number of hydrogen-bond donors (Lipinski definition) is 0. The predicted octanol–water partition coefficient (Wildman–Crippen LogP) is 6.81. The van der Waals surface area contributed by atoms with Crippen LogP contribution < -0.4 is 10.2 Å². The molecule has 0 aliphatic heterocycles. The fourth-order valence-corrected chi connectivity index (χ4v) is 3.33. The summed E-state index contributed by atoms with van der Waals surface area (Å²) in [5, 5.41) is 19.8. The van der Waals surface area contributed by atoms with E-state index in [1.165, 1.54) is 64.2 Å². The minimum Gasteiger partial charge on any atom is -0.545 e.